The van der Waals surface area contributed by atoms with Crippen molar-refractivity contribution in [2.75, 3.05) is 17.7 Å². The highest BCUT2D eigenvalue weighted by Gasteiger charge is 2.15. The fourth-order valence-electron chi connectivity index (χ4n) is 2.36. The zero-order chi connectivity index (χ0) is 15.4. The van der Waals surface area contributed by atoms with E-state index in [0.717, 1.165) is 27.5 Å². The van der Waals surface area contributed by atoms with E-state index in [2.05, 4.69) is 47.6 Å². The minimum absolute atomic E-state index is 0.374. The highest BCUT2D eigenvalue weighted by molar-refractivity contribution is 8.01. The molecule has 1 saturated heterocycles. The van der Waals surface area contributed by atoms with Crippen LogP contribution in [0.4, 0.5) is 10.8 Å². The predicted octanol–water partition coefficient (Wildman–Crippen LogP) is 4.56. The Labute approximate surface area is 139 Å². The first kappa shape index (κ1) is 15.8. The molecule has 1 aliphatic heterocycles. The van der Waals surface area contributed by atoms with Gasteiger partial charge in [-0.15, -0.1) is 10.2 Å². The van der Waals surface area contributed by atoms with Gasteiger partial charge in [0.2, 0.25) is 5.13 Å². The lowest BCUT2D eigenvalue weighted by molar-refractivity contribution is 0.0315. The Hall–Kier alpha value is -1.11. The lowest BCUT2D eigenvalue weighted by atomic mass is 10.1. The molecule has 1 aromatic carbocycles. The molecule has 0 saturated carbocycles. The van der Waals surface area contributed by atoms with Crippen LogP contribution in [0.25, 0.3) is 0 Å². The molecule has 0 aliphatic carbocycles. The molecule has 0 unspecified atom stereocenters. The van der Waals surface area contributed by atoms with E-state index in [0.29, 0.717) is 6.10 Å². The zero-order valence-electron chi connectivity index (χ0n) is 13.0. The standard InChI is InChI=1S/C16H21N3OS2/c1-11-6-7-13(9-12(11)2)17-15-18-19-16(22-15)21-10-14-5-3-4-8-20-14/h6-7,9,14H,3-5,8,10H2,1-2H3,(H,17,18)/t14-/m0/s1. The van der Waals surface area contributed by atoms with E-state index in [1.165, 1.54) is 30.4 Å². The maximum absolute atomic E-state index is 5.75. The Kier molecular flexibility index (Phi) is 5.33. The van der Waals surface area contributed by atoms with Gasteiger partial charge in [0, 0.05) is 18.0 Å². The average molecular weight is 335 g/mol. The van der Waals surface area contributed by atoms with Crippen molar-refractivity contribution in [1.29, 1.82) is 0 Å². The van der Waals surface area contributed by atoms with Crippen LogP contribution in [0.3, 0.4) is 0 Å². The Bertz CT molecular complexity index is 624. The molecule has 0 amide bonds. The van der Waals surface area contributed by atoms with E-state index in [1.807, 2.05) is 0 Å². The number of thioether (sulfide) groups is 1. The maximum atomic E-state index is 5.75. The van der Waals surface area contributed by atoms with E-state index in [4.69, 9.17) is 4.74 Å². The summed E-state index contributed by atoms with van der Waals surface area (Å²) in [6.07, 6.45) is 4.02. The maximum Gasteiger partial charge on any atom is 0.210 e. The second-order valence-electron chi connectivity index (χ2n) is 5.60. The van der Waals surface area contributed by atoms with Crippen molar-refractivity contribution in [2.45, 2.75) is 43.6 Å². The van der Waals surface area contributed by atoms with Crippen molar-refractivity contribution in [3.05, 3.63) is 29.3 Å². The van der Waals surface area contributed by atoms with Crippen LogP contribution in [-0.2, 0) is 4.74 Å². The van der Waals surface area contributed by atoms with Crippen LogP contribution >= 0.6 is 23.1 Å². The first-order valence-electron chi connectivity index (χ1n) is 7.63. The average Bonchev–Trinajstić information content (AvgIpc) is 2.97. The molecule has 1 atom stereocenters. The number of hydrogen-bond donors (Lipinski definition) is 1. The monoisotopic (exact) mass is 335 g/mol. The number of nitrogens with zero attached hydrogens (tertiary/aromatic N) is 2. The number of nitrogens with one attached hydrogen (secondary N) is 1. The van der Waals surface area contributed by atoms with Crippen LogP contribution in [0.5, 0.6) is 0 Å². The topological polar surface area (TPSA) is 47.0 Å². The minimum atomic E-state index is 0.374. The fourth-order valence-corrected chi connectivity index (χ4v) is 4.23. The molecule has 1 aromatic heterocycles. The molecule has 2 aromatic rings. The molecule has 118 valence electrons. The summed E-state index contributed by atoms with van der Waals surface area (Å²) >= 11 is 3.34. The second-order valence-corrected chi connectivity index (χ2v) is 7.84. The normalized spacial score (nSPS) is 18.4. The molecule has 2 heterocycles. The number of rotatable bonds is 5. The van der Waals surface area contributed by atoms with E-state index < -0.39 is 0 Å². The smallest absolute Gasteiger partial charge is 0.210 e. The Morgan fingerprint density at radius 1 is 1.27 bits per heavy atom. The van der Waals surface area contributed by atoms with Gasteiger partial charge in [0.25, 0.3) is 0 Å². The number of aromatic nitrogens is 2. The molecule has 0 spiro atoms. The summed E-state index contributed by atoms with van der Waals surface area (Å²) in [5.41, 5.74) is 3.64. The van der Waals surface area contributed by atoms with Crippen molar-refractivity contribution in [3.63, 3.8) is 0 Å². The summed E-state index contributed by atoms with van der Waals surface area (Å²) in [5.74, 6) is 0.971. The van der Waals surface area contributed by atoms with Crippen molar-refractivity contribution >= 4 is 33.9 Å². The summed E-state index contributed by atoms with van der Waals surface area (Å²) in [6.45, 7) is 5.14. The highest BCUT2D eigenvalue weighted by atomic mass is 32.2. The summed E-state index contributed by atoms with van der Waals surface area (Å²) in [5, 5.41) is 12.6. The van der Waals surface area contributed by atoms with Gasteiger partial charge in [-0.25, -0.2) is 0 Å². The Balaban J connectivity index is 1.55. The van der Waals surface area contributed by atoms with Crippen LogP contribution in [0, 0.1) is 13.8 Å². The van der Waals surface area contributed by atoms with Crippen LogP contribution in [0.15, 0.2) is 22.5 Å². The number of ether oxygens (including phenoxy) is 1. The van der Waals surface area contributed by atoms with Gasteiger partial charge in [-0.2, -0.15) is 0 Å². The minimum Gasteiger partial charge on any atom is -0.377 e. The summed E-state index contributed by atoms with van der Waals surface area (Å²) in [6, 6.07) is 6.33. The molecule has 6 heteroatoms. The van der Waals surface area contributed by atoms with E-state index in [9.17, 15) is 0 Å². The van der Waals surface area contributed by atoms with Crippen LogP contribution in [0.1, 0.15) is 30.4 Å². The third-order valence-electron chi connectivity index (χ3n) is 3.83. The van der Waals surface area contributed by atoms with E-state index >= 15 is 0 Å². The van der Waals surface area contributed by atoms with E-state index in [1.54, 1.807) is 23.1 Å². The van der Waals surface area contributed by atoms with Crippen LogP contribution < -0.4 is 5.32 Å². The van der Waals surface area contributed by atoms with Crippen LogP contribution in [-0.4, -0.2) is 28.7 Å². The summed E-state index contributed by atoms with van der Waals surface area (Å²) in [4.78, 5) is 0. The van der Waals surface area contributed by atoms with Gasteiger partial charge < -0.3 is 10.1 Å². The van der Waals surface area contributed by atoms with E-state index in [-0.39, 0.29) is 0 Å². The SMILES string of the molecule is Cc1ccc(Nc2nnc(SC[C@@H]3CCCCO3)s2)cc1C. The van der Waals surface area contributed by atoms with Gasteiger partial charge in [0.15, 0.2) is 4.34 Å². The molecule has 1 fully saturated rings. The first-order chi connectivity index (χ1) is 10.7. The lowest BCUT2D eigenvalue weighted by Crippen LogP contribution is -2.21. The zero-order valence-corrected chi connectivity index (χ0v) is 14.6. The van der Waals surface area contributed by atoms with Gasteiger partial charge in [-0.3, -0.25) is 0 Å². The molecular formula is C16H21N3OS2. The third-order valence-corrected chi connectivity index (χ3v) is 5.94. The molecule has 22 heavy (non-hydrogen) atoms. The number of benzene rings is 1. The molecular weight excluding hydrogens is 314 g/mol. The van der Waals surface area contributed by atoms with Gasteiger partial charge in [0.1, 0.15) is 0 Å². The van der Waals surface area contributed by atoms with Gasteiger partial charge in [-0.05, 0) is 56.4 Å². The molecule has 0 radical (unpaired) electrons. The van der Waals surface area contributed by atoms with Gasteiger partial charge in [0.05, 0.1) is 6.10 Å². The molecule has 3 rings (SSSR count). The highest BCUT2D eigenvalue weighted by Crippen LogP contribution is 2.30. The quantitative estimate of drug-likeness (QED) is 0.812. The van der Waals surface area contributed by atoms with Crippen molar-refractivity contribution in [2.24, 2.45) is 0 Å². The largest absolute Gasteiger partial charge is 0.377 e. The Morgan fingerprint density at radius 2 is 2.18 bits per heavy atom. The van der Waals surface area contributed by atoms with Crippen LogP contribution in [0.2, 0.25) is 0 Å². The lowest BCUT2D eigenvalue weighted by Gasteiger charge is -2.21. The molecule has 1 aliphatic rings. The third kappa shape index (κ3) is 4.21. The molecule has 4 nitrogen and oxygen atoms in total. The van der Waals surface area contributed by atoms with Crippen molar-refractivity contribution < 1.29 is 4.74 Å². The number of anilines is 2. The predicted molar refractivity (Wildman–Crippen MR) is 93.4 cm³/mol. The summed E-state index contributed by atoms with van der Waals surface area (Å²) < 4.78 is 6.75. The molecule has 1 N–H and O–H groups in total. The molecule has 0 bridgehead atoms. The Morgan fingerprint density at radius 3 is 2.95 bits per heavy atom. The summed E-state index contributed by atoms with van der Waals surface area (Å²) in [7, 11) is 0. The number of hydrogen-bond acceptors (Lipinski definition) is 6. The number of aryl methyl sites for hydroxylation is 2. The van der Waals surface area contributed by atoms with Crippen molar-refractivity contribution in [1.82, 2.24) is 10.2 Å². The fraction of sp³-hybridized carbons (Fsp3) is 0.500. The first-order valence-corrected chi connectivity index (χ1v) is 9.43. The second kappa shape index (κ2) is 7.44. The van der Waals surface area contributed by atoms with Gasteiger partial charge >= 0.3 is 0 Å². The van der Waals surface area contributed by atoms with Gasteiger partial charge in [-0.1, -0.05) is 29.2 Å². The van der Waals surface area contributed by atoms with Crippen molar-refractivity contribution in [3.8, 4) is 0 Å².